The molecule has 0 aliphatic rings. The van der Waals surface area contributed by atoms with Crippen molar-refractivity contribution in [3.63, 3.8) is 0 Å². The number of nitrogens with one attached hydrogen (secondary N) is 1. The minimum atomic E-state index is -0.396. The van der Waals surface area contributed by atoms with Gasteiger partial charge in [0, 0.05) is 6.54 Å². The lowest BCUT2D eigenvalue weighted by Gasteiger charge is -2.14. The van der Waals surface area contributed by atoms with Gasteiger partial charge in [0.25, 0.3) is 0 Å². The summed E-state index contributed by atoms with van der Waals surface area (Å²) in [7, 11) is 0. The topological polar surface area (TPSA) is 55.1 Å². The molecule has 1 rings (SSSR count). The first-order valence-corrected chi connectivity index (χ1v) is 6.10. The normalized spacial score (nSPS) is 12.0. The van der Waals surface area contributed by atoms with Crippen LogP contribution in [0.1, 0.15) is 19.4 Å². The maximum absolute atomic E-state index is 11.5. The molecule has 1 amide bonds. The van der Waals surface area contributed by atoms with E-state index in [0.29, 0.717) is 6.54 Å². The van der Waals surface area contributed by atoms with Crippen LogP contribution in [0.2, 0.25) is 0 Å². The van der Waals surface area contributed by atoms with E-state index in [-0.39, 0.29) is 24.2 Å². The molecule has 3 N–H and O–H groups in total. The highest BCUT2D eigenvalue weighted by atomic mass is 35.5. The zero-order valence-electron chi connectivity index (χ0n) is 9.60. The van der Waals surface area contributed by atoms with Crippen molar-refractivity contribution >= 4 is 29.7 Å². The summed E-state index contributed by atoms with van der Waals surface area (Å²) in [6.45, 7) is 4.56. The number of hydrogen-bond donors (Lipinski definition) is 2. The van der Waals surface area contributed by atoms with E-state index in [1.165, 1.54) is 5.56 Å². The van der Waals surface area contributed by atoms with Gasteiger partial charge in [-0.2, -0.15) is 11.3 Å². The molecule has 0 saturated carbocycles. The van der Waals surface area contributed by atoms with Crippen LogP contribution in [0.5, 0.6) is 0 Å². The Morgan fingerprint density at radius 1 is 1.56 bits per heavy atom. The van der Waals surface area contributed by atoms with E-state index in [2.05, 4.69) is 16.8 Å². The van der Waals surface area contributed by atoms with Gasteiger partial charge in [0.1, 0.15) is 0 Å². The first-order valence-electron chi connectivity index (χ1n) is 5.15. The zero-order valence-corrected chi connectivity index (χ0v) is 11.2. The van der Waals surface area contributed by atoms with E-state index in [1.807, 2.05) is 19.2 Å². The van der Waals surface area contributed by atoms with E-state index in [1.54, 1.807) is 11.3 Å². The fraction of sp³-hybridized carbons (Fsp3) is 0.545. The summed E-state index contributed by atoms with van der Waals surface area (Å²) >= 11 is 1.67. The minimum Gasteiger partial charge on any atom is -0.354 e. The second kappa shape index (κ2) is 7.65. The lowest BCUT2D eigenvalue weighted by Crippen LogP contribution is -2.44. The Hall–Kier alpha value is -0.580. The summed E-state index contributed by atoms with van der Waals surface area (Å²) < 4.78 is 0. The van der Waals surface area contributed by atoms with Crippen molar-refractivity contribution in [1.29, 1.82) is 0 Å². The van der Waals surface area contributed by atoms with Crippen molar-refractivity contribution in [2.24, 2.45) is 11.7 Å². The lowest BCUT2D eigenvalue weighted by atomic mass is 10.1. The molecule has 0 bridgehead atoms. The molecule has 16 heavy (non-hydrogen) atoms. The molecule has 1 unspecified atom stereocenters. The summed E-state index contributed by atoms with van der Waals surface area (Å²) in [4.78, 5) is 11.5. The minimum absolute atomic E-state index is 0. The molecule has 3 nitrogen and oxygen atoms in total. The molecule has 0 saturated heterocycles. The fourth-order valence-electron chi connectivity index (χ4n) is 1.19. The van der Waals surface area contributed by atoms with Crippen molar-refractivity contribution in [2.75, 3.05) is 6.54 Å². The maximum atomic E-state index is 11.5. The van der Waals surface area contributed by atoms with Gasteiger partial charge < -0.3 is 11.1 Å². The Bertz CT molecular complexity index is 301. The van der Waals surface area contributed by atoms with Gasteiger partial charge in [0.15, 0.2) is 0 Å². The van der Waals surface area contributed by atoms with Gasteiger partial charge >= 0.3 is 0 Å². The highest BCUT2D eigenvalue weighted by molar-refractivity contribution is 7.07. The van der Waals surface area contributed by atoms with Crippen LogP contribution in [-0.2, 0) is 11.2 Å². The monoisotopic (exact) mass is 262 g/mol. The lowest BCUT2D eigenvalue weighted by molar-refractivity contribution is -0.123. The van der Waals surface area contributed by atoms with E-state index in [9.17, 15) is 4.79 Å². The number of rotatable bonds is 5. The van der Waals surface area contributed by atoms with Crippen molar-refractivity contribution in [1.82, 2.24) is 5.32 Å². The summed E-state index contributed by atoms with van der Waals surface area (Å²) in [5.41, 5.74) is 6.97. The molecule has 0 aromatic carbocycles. The number of nitrogens with two attached hydrogens (primary N) is 1. The van der Waals surface area contributed by atoms with Gasteiger partial charge in [-0.15, -0.1) is 12.4 Å². The van der Waals surface area contributed by atoms with Crippen LogP contribution >= 0.6 is 23.7 Å². The maximum Gasteiger partial charge on any atom is 0.237 e. The number of carbonyl (C=O) groups is 1. The van der Waals surface area contributed by atoms with Crippen molar-refractivity contribution in [2.45, 2.75) is 26.3 Å². The predicted octanol–water partition coefficient (Wildman–Crippen LogP) is 1.81. The van der Waals surface area contributed by atoms with E-state index < -0.39 is 6.04 Å². The number of hydrogen-bond acceptors (Lipinski definition) is 3. The molecule has 1 aromatic rings. The summed E-state index contributed by atoms with van der Waals surface area (Å²) in [5, 5.41) is 6.97. The van der Waals surface area contributed by atoms with Crippen LogP contribution in [0.15, 0.2) is 16.8 Å². The molecule has 0 fully saturated rings. The molecule has 1 heterocycles. The van der Waals surface area contributed by atoms with Gasteiger partial charge in [-0.3, -0.25) is 4.79 Å². The van der Waals surface area contributed by atoms with Gasteiger partial charge in [-0.1, -0.05) is 13.8 Å². The van der Waals surface area contributed by atoms with E-state index in [4.69, 9.17) is 5.73 Å². The highest BCUT2D eigenvalue weighted by Gasteiger charge is 2.15. The molecular weight excluding hydrogens is 244 g/mol. The number of thiophene rings is 1. The standard InChI is InChI=1S/C11H18N2OS.ClH/c1-8(2)10(12)11(14)13-5-3-9-4-6-15-7-9;/h4,6-8,10H,3,5,12H2,1-2H3,(H,13,14);1H. The highest BCUT2D eigenvalue weighted by Crippen LogP contribution is 2.05. The van der Waals surface area contributed by atoms with Crippen molar-refractivity contribution in [3.8, 4) is 0 Å². The molecular formula is C11H19ClN2OS. The summed E-state index contributed by atoms with van der Waals surface area (Å²) in [6, 6.07) is 1.67. The average Bonchev–Trinajstić information content (AvgIpc) is 2.69. The van der Waals surface area contributed by atoms with Crippen LogP contribution in [0, 0.1) is 5.92 Å². The van der Waals surface area contributed by atoms with Gasteiger partial charge in [-0.05, 0) is 34.7 Å². The molecule has 0 radical (unpaired) electrons. The fourth-order valence-corrected chi connectivity index (χ4v) is 1.89. The molecule has 0 aliphatic heterocycles. The Morgan fingerprint density at radius 2 is 2.25 bits per heavy atom. The first-order chi connectivity index (χ1) is 7.11. The van der Waals surface area contributed by atoms with Crippen LogP contribution < -0.4 is 11.1 Å². The smallest absolute Gasteiger partial charge is 0.237 e. The van der Waals surface area contributed by atoms with Crippen LogP contribution in [0.3, 0.4) is 0 Å². The molecule has 92 valence electrons. The quantitative estimate of drug-likeness (QED) is 0.850. The molecule has 0 aliphatic carbocycles. The van der Waals surface area contributed by atoms with Crippen molar-refractivity contribution in [3.05, 3.63) is 22.4 Å². The predicted molar refractivity (Wildman–Crippen MR) is 71.1 cm³/mol. The third-order valence-corrected chi connectivity index (χ3v) is 3.05. The first kappa shape index (κ1) is 15.4. The number of amides is 1. The third-order valence-electron chi connectivity index (χ3n) is 2.31. The van der Waals surface area contributed by atoms with Crippen LogP contribution in [0.25, 0.3) is 0 Å². The zero-order chi connectivity index (χ0) is 11.3. The number of halogens is 1. The van der Waals surface area contributed by atoms with E-state index in [0.717, 1.165) is 6.42 Å². The molecule has 0 spiro atoms. The second-order valence-electron chi connectivity index (χ2n) is 3.94. The van der Waals surface area contributed by atoms with Gasteiger partial charge in [-0.25, -0.2) is 0 Å². The SMILES string of the molecule is CC(C)C(N)C(=O)NCCc1ccsc1.Cl. The Kier molecular flexibility index (Phi) is 7.38. The third kappa shape index (κ3) is 4.96. The summed E-state index contributed by atoms with van der Waals surface area (Å²) in [5.74, 6) is 0.131. The van der Waals surface area contributed by atoms with E-state index >= 15 is 0 Å². The van der Waals surface area contributed by atoms with Crippen LogP contribution in [0.4, 0.5) is 0 Å². The Balaban J connectivity index is 0.00000225. The molecule has 1 atom stereocenters. The average molecular weight is 263 g/mol. The summed E-state index contributed by atoms with van der Waals surface area (Å²) in [6.07, 6.45) is 0.875. The van der Waals surface area contributed by atoms with Crippen molar-refractivity contribution < 1.29 is 4.79 Å². The van der Waals surface area contributed by atoms with Crippen LogP contribution in [-0.4, -0.2) is 18.5 Å². The van der Waals surface area contributed by atoms with Gasteiger partial charge in [0.05, 0.1) is 6.04 Å². The molecule has 1 aromatic heterocycles. The second-order valence-corrected chi connectivity index (χ2v) is 4.72. The molecule has 5 heteroatoms. The Labute approximate surface area is 107 Å². The number of carbonyl (C=O) groups excluding carboxylic acids is 1. The van der Waals surface area contributed by atoms with Gasteiger partial charge in [0.2, 0.25) is 5.91 Å². The Morgan fingerprint density at radius 3 is 2.75 bits per heavy atom. The largest absolute Gasteiger partial charge is 0.354 e.